The molecule has 0 saturated carbocycles. The van der Waals surface area contributed by atoms with Gasteiger partial charge >= 0.3 is 0 Å². The molecule has 1 heterocycles. The van der Waals surface area contributed by atoms with Gasteiger partial charge < -0.3 is 4.74 Å². The zero-order chi connectivity index (χ0) is 17.3. The van der Waals surface area contributed by atoms with Crippen LogP contribution in [0.4, 0.5) is 0 Å². The van der Waals surface area contributed by atoms with Crippen LogP contribution in [0, 0.1) is 6.92 Å². The van der Waals surface area contributed by atoms with Crippen LogP contribution in [0.2, 0.25) is 0 Å². The highest BCUT2D eigenvalue weighted by Crippen LogP contribution is 2.33. The Kier molecular flexibility index (Phi) is 8.54. The molecule has 0 radical (unpaired) electrons. The molecule has 124 valence electrons. The molecule has 0 aliphatic carbocycles. The van der Waals surface area contributed by atoms with E-state index in [1.165, 1.54) is 5.56 Å². The lowest BCUT2D eigenvalue weighted by Crippen LogP contribution is -2.13. The first-order valence-electron chi connectivity index (χ1n) is 8.12. The molecule has 0 bridgehead atoms. The van der Waals surface area contributed by atoms with E-state index in [0.29, 0.717) is 0 Å². The van der Waals surface area contributed by atoms with Crippen molar-refractivity contribution >= 4 is 0 Å². The molecular formula is C19H32N2O. The van der Waals surface area contributed by atoms with Crippen molar-refractivity contribution in [3.05, 3.63) is 41.7 Å². The molecule has 2 rings (SSSR count). The second-order valence-electron chi connectivity index (χ2n) is 5.55. The first-order valence-corrected chi connectivity index (χ1v) is 8.12. The number of hydrogen-bond acceptors (Lipinski definition) is 2. The Morgan fingerprint density at radius 2 is 1.64 bits per heavy atom. The summed E-state index contributed by atoms with van der Waals surface area (Å²) in [6.45, 7) is 16.7. The van der Waals surface area contributed by atoms with Crippen molar-refractivity contribution in [2.75, 3.05) is 7.11 Å². The van der Waals surface area contributed by atoms with E-state index < -0.39 is 0 Å². The lowest BCUT2D eigenvalue weighted by molar-refractivity contribution is 0.408. The fourth-order valence-electron chi connectivity index (χ4n) is 2.04. The second-order valence-corrected chi connectivity index (χ2v) is 5.55. The van der Waals surface area contributed by atoms with E-state index in [9.17, 15) is 0 Å². The predicted octanol–water partition coefficient (Wildman–Crippen LogP) is 5.54. The van der Waals surface area contributed by atoms with Crippen molar-refractivity contribution in [2.24, 2.45) is 0 Å². The fraction of sp³-hybridized carbons (Fsp3) is 0.526. The zero-order valence-corrected chi connectivity index (χ0v) is 15.7. The van der Waals surface area contributed by atoms with Crippen molar-refractivity contribution in [1.29, 1.82) is 0 Å². The Bertz CT molecular complexity index is 537. The van der Waals surface area contributed by atoms with Gasteiger partial charge in [-0.15, -0.1) is 0 Å². The lowest BCUT2D eigenvalue weighted by Gasteiger charge is -2.22. The minimum absolute atomic E-state index is 0.110. The van der Waals surface area contributed by atoms with Gasteiger partial charge in [-0.3, -0.25) is 0 Å². The molecule has 0 atom stereocenters. The van der Waals surface area contributed by atoms with Gasteiger partial charge in [-0.2, -0.15) is 5.10 Å². The Morgan fingerprint density at radius 1 is 1.05 bits per heavy atom. The summed E-state index contributed by atoms with van der Waals surface area (Å²) in [6, 6.07) is 6.25. The molecule has 1 aromatic carbocycles. The Labute approximate surface area is 136 Å². The Morgan fingerprint density at radius 3 is 2.05 bits per heavy atom. The zero-order valence-electron chi connectivity index (χ0n) is 15.7. The van der Waals surface area contributed by atoms with Crippen molar-refractivity contribution < 1.29 is 4.74 Å². The smallest absolute Gasteiger partial charge is 0.147 e. The van der Waals surface area contributed by atoms with Gasteiger partial charge in [0.15, 0.2) is 0 Å². The number of aromatic nitrogens is 2. The van der Waals surface area contributed by atoms with Crippen molar-refractivity contribution in [3.8, 4) is 11.4 Å². The molecule has 0 spiro atoms. The van der Waals surface area contributed by atoms with Gasteiger partial charge in [0.2, 0.25) is 0 Å². The summed E-state index contributed by atoms with van der Waals surface area (Å²) in [5.74, 6) is 0.881. The number of rotatable bonds is 2. The largest absolute Gasteiger partial charge is 0.494 e. The number of nitrogens with zero attached hydrogens (tertiary/aromatic N) is 2. The number of methoxy groups -OCH3 is 1. The van der Waals surface area contributed by atoms with E-state index in [-0.39, 0.29) is 5.41 Å². The molecular weight excluding hydrogens is 272 g/mol. The normalized spacial score (nSPS) is 10.0. The third kappa shape index (κ3) is 4.90. The van der Waals surface area contributed by atoms with Crippen LogP contribution in [0.5, 0.6) is 5.75 Å². The number of benzene rings is 1. The molecule has 2 aromatic rings. The second kappa shape index (κ2) is 9.29. The van der Waals surface area contributed by atoms with Crippen LogP contribution in [0.1, 0.15) is 59.6 Å². The summed E-state index contributed by atoms with van der Waals surface area (Å²) in [5, 5.41) is 4.30. The van der Waals surface area contributed by atoms with E-state index in [0.717, 1.165) is 17.0 Å². The Hall–Kier alpha value is -1.77. The van der Waals surface area contributed by atoms with Crippen LogP contribution in [0.25, 0.3) is 5.69 Å². The maximum Gasteiger partial charge on any atom is 0.147 e. The number of aryl methyl sites for hydroxylation is 1. The number of hydrogen-bond donors (Lipinski definition) is 0. The topological polar surface area (TPSA) is 27.1 Å². The van der Waals surface area contributed by atoms with Crippen LogP contribution in [-0.4, -0.2) is 16.9 Å². The predicted molar refractivity (Wildman–Crippen MR) is 96.2 cm³/mol. The van der Waals surface area contributed by atoms with Crippen LogP contribution < -0.4 is 4.74 Å². The lowest BCUT2D eigenvalue weighted by atomic mass is 9.85. The van der Waals surface area contributed by atoms with Crippen molar-refractivity contribution in [2.45, 2.75) is 60.8 Å². The standard InChI is InChI=1S/C15H20N2O.2C2H6/c1-11-9-12(15(2,3)4)10-13(14(11)18-5)17-8-6-7-16-17;2*1-2/h6-10H,1-5H3;2*1-2H3. The van der Waals surface area contributed by atoms with E-state index in [1.54, 1.807) is 13.3 Å². The van der Waals surface area contributed by atoms with Crippen LogP contribution in [-0.2, 0) is 5.41 Å². The molecule has 0 N–H and O–H groups in total. The van der Waals surface area contributed by atoms with Gasteiger partial charge in [0, 0.05) is 12.4 Å². The maximum absolute atomic E-state index is 5.51. The van der Waals surface area contributed by atoms with Crippen molar-refractivity contribution in [3.63, 3.8) is 0 Å². The van der Waals surface area contributed by atoms with Gasteiger partial charge in [-0.25, -0.2) is 4.68 Å². The van der Waals surface area contributed by atoms with E-state index in [1.807, 2.05) is 44.6 Å². The molecule has 0 amide bonds. The monoisotopic (exact) mass is 304 g/mol. The minimum Gasteiger partial charge on any atom is -0.494 e. The molecule has 22 heavy (non-hydrogen) atoms. The molecule has 0 aliphatic heterocycles. The average molecular weight is 304 g/mol. The summed E-state index contributed by atoms with van der Waals surface area (Å²) < 4.78 is 7.36. The molecule has 1 aromatic heterocycles. The third-order valence-corrected chi connectivity index (χ3v) is 3.08. The molecule has 0 saturated heterocycles. The fourth-order valence-corrected chi connectivity index (χ4v) is 2.04. The molecule has 3 nitrogen and oxygen atoms in total. The van der Waals surface area contributed by atoms with E-state index in [4.69, 9.17) is 4.74 Å². The highest BCUT2D eigenvalue weighted by molar-refractivity contribution is 5.54. The van der Waals surface area contributed by atoms with Gasteiger partial charge in [0.25, 0.3) is 0 Å². The van der Waals surface area contributed by atoms with Gasteiger partial charge in [0.1, 0.15) is 11.4 Å². The minimum atomic E-state index is 0.110. The maximum atomic E-state index is 5.51. The molecule has 0 unspecified atom stereocenters. The molecule has 3 heteroatoms. The van der Waals surface area contributed by atoms with Crippen LogP contribution in [0.15, 0.2) is 30.6 Å². The summed E-state index contributed by atoms with van der Waals surface area (Å²) in [6.07, 6.45) is 3.71. The van der Waals surface area contributed by atoms with E-state index >= 15 is 0 Å². The summed E-state index contributed by atoms with van der Waals surface area (Å²) in [4.78, 5) is 0. The summed E-state index contributed by atoms with van der Waals surface area (Å²) in [7, 11) is 1.70. The average Bonchev–Trinajstić information content (AvgIpc) is 3.03. The number of ether oxygens (including phenoxy) is 1. The SMILES string of the molecule is CC.CC.COc1c(C)cc(C(C)(C)C)cc1-n1cccn1. The first kappa shape index (κ1) is 20.2. The van der Waals surface area contributed by atoms with Gasteiger partial charge in [-0.05, 0) is 35.6 Å². The van der Waals surface area contributed by atoms with E-state index in [2.05, 4.69) is 44.9 Å². The van der Waals surface area contributed by atoms with Crippen LogP contribution >= 0.6 is 0 Å². The van der Waals surface area contributed by atoms with Gasteiger partial charge in [-0.1, -0.05) is 54.5 Å². The van der Waals surface area contributed by atoms with Gasteiger partial charge in [0.05, 0.1) is 7.11 Å². The third-order valence-electron chi connectivity index (χ3n) is 3.08. The summed E-state index contributed by atoms with van der Waals surface area (Å²) in [5.41, 5.74) is 3.52. The quantitative estimate of drug-likeness (QED) is 0.728. The Balaban J connectivity index is 0.00000102. The first-order chi connectivity index (χ1) is 10.4. The highest BCUT2D eigenvalue weighted by atomic mass is 16.5. The highest BCUT2D eigenvalue weighted by Gasteiger charge is 2.18. The molecule has 0 aliphatic rings. The summed E-state index contributed by atoms with van der Waals surface area (Å²) >= 11 is 0. The molecule has 0 fully saturated rings. The van der Waals surface area contributed by atoms with Crippen LogP contribution in [0.3, 0.4) is 0 Å². The van der Waals surface area contributed by atoms with Crippen molar-refractivity contribution in [1.82, 2.24) is 9.78 Å².